The molecule has 2 aromatic carbocycles. The summed E-state index contributed by atoms with van der Waals surface area (Å²) in [5, 5.41) is 3.41. The van der Waals surface area contributed by atoms with Gasteiger partial charge < -0.3 is 9.57 Å². The predicted octanol–water partition coefficient (Wildman–Crippen LogP) is 2.72. The fraction of sp³-hybridized carbons (Fsp3) is 0.312. The third kappa shape index (κ3) is 2.53. The maximum atomic E-state index is 12.4. The summed E-state index contributed by atoms with van der Waals surface area (Å²) < 4.78 is 5.49. The number of carbonyl (C=O) groups excluding carboxylic acids is 1. The van der Waals surface area contributed by atoms with E-state index in [1.54, 1.807) is 21.0 Å². The Bertz CT molecular complexity index is 619. The van der Waals surface area contributed by atoms with E-state index in [0.29, 0.717) is 0 Å². The van der Waals surface area contributed by atoms with Crippen LogP contribution in [0.15, 0.2) is 42.5 Å². The predicted molar refractivity (Wildman–Crippen MR) is 78.1 cm³/mol. The first-order valence-electron chi connectivity index (χ1n) is 6.42. The Morgan fingerprint density at radius 3 is 2.40 bits per heavy atom. The van der Waals surface area contributed by atoms with Crippen molar-refractivity contribution in [2.24, 2.45) is 0 Å². The number of hydrogen-bond acceptors (Lipinski definition) is 4. The van der Waals surface area contributed by atoms with E-state index in [0.717, 1.165) is 16.3 Å². The van der Waals surface area contributed by atoms with Gasteiger partial charge in [-0.2, -0.15) is 0 Å². The van der Waals surface area contributed by atoms with Crippen LogP contribution in [0.25, 0.3) is 10.8 Å². The van der Waals surface area contributed by atoms with Gasteiger partial charge in [0.1, 0.15) is 0 Å². The number of hydrogen-bond donors (Lipinski definition) is 0. The van der Waals surface area contributed by atoms with Crippen molar-refractivity contribution < 1.29 is 14.4 Å². The Morgan fingerprint density at radius 2 is 1.75 bits per heavy atom. The fourth-order valence-corrected chi connectivity index (χ4v) is 2.20. The molecule has 0 aliphatic rings. The molecule has 0 aromatic heterocycles. The molecule has 106 valence electrons. The number of fused-ring (bicyclic) bond motifs is 1. The summed E-state index contributed by atoms with van der Waals surface area (Å²) in [6.45, 7) is 1.72. The van der Waals surface area contributed by atoms with Crippen LogP contribution in [0.5, 0.6) is 0 Å². The summed E-state index contributed by atoms with van der Waals surface area (Å²) in [4.78, 5) is 17.5. The fourth-order valence-electron chi connectivity index (χ4n) is 2.20. The summed E-state index contributed by atoms with van der Waals surface area (Å²) in [6.07, 6.45) is 0. The molecule has 0 radical (unpaired) electrons. The van der Waals surface area contributed by atoms with Gasteiger partial charge in [-0.05, 0) is 17.7 Å². The van der Waals surface area contributed by atoms with E-state index in [1.165, 1.54) is 12.2 Å². The Morgan fingerprint density at radius 1 is 1.10 bits per heavy atom. The lowest BCUT2D eigenvalue weighted by molar-refractivity contribution is -0.202. The van der Waals surface area contributed by atoms with Crippen LogP contribution in [0.2, 0.25) is 0 Å². The quantitative estimate of drug-likeness (QED) is 0.803. The van der Waals surface area contributed by atoms with Crippen molar-refractivity contribution in [3.63, 3.8) is 0 Å². The molecule has 0 N–H and O–H groups in total. The minimum absolute atomic E-state index is 0.443. The van der Waals surface area contributed by atoms with Crippen LogP contribution in [0.4, 0.5) is 0 Å². The molecule has 2 aromatic rings. The smallest absolute Gasteiger partial charge is 0.361 e. The highest BCUT2D eigenvalue weighted by molar-refractivity contribution is 5.92. The van der Waals surface area contributed by atoms with Gasteiger partial charge in [-0.1, -0.05) is 42.5 Å². The van der Waals surface area contributed by atoms with E-state index >= 15 is 0 Å². The second-order valence-corrected chi connectivity index (χ2v) is 4.96. The molecule has 0 aliphatic carbocycles. The molecular formula is C16H19NO3. The van der Waals surface area contributed by atoms with Gasteiger partial charge in [-0.25, -0.2) is 4.79 Å². The van der Waals surface area contributed by atoms with E-state index < -0.39 is 11.6 Å². The number of nitrogens with zero attached hydrogens (tertiary/aromatic N) is 1. The Labute approximate surface area is 118 Å². The number of benzene rings is 2. The molecule has 1 unspecified atom stereocenters. The molecule has 2 rings (SSSR count). The monoisotopic (exact) mass is 273 g/mol. The van der Waals surface area contributed by atoms with Crippen molar-refractivity contribution in [3.8, 4) is 0 Å². The topological polar surface area (TPSA) is 38.8 Å². The molecule has 0 bridgehead atoms. The Balaban J connectivity index is 2.56. The van der Waals surface area contributed by atoms with Gasteiger partial charge in [0.15, 0.2) is 5.60 Å². The molecule has 0 fully saturated rings. The zero-order valence-corrected chi connectivity index (χ0v) is 12.2. The summed E-state index contributed by atoms with van der Waals surface area (Å²) in [6, 6.07) is 13.7. The first-order valence-corrected chi connectivity index (χ1v) is 6.42. The number of hydroxylamine groups is 2. The first-order chi connectivity index (χ1) is 9.49. The molecule has 0 amide bonds. The average molecular weight is 273 g/mol. The molecule has 1 atom stereocenters. The standard InChI is InChI=1S/C16H19NO3/c1-16(19-4,15(18)20-17(2)3)14-11-7-9-12-8-5-6-10-13(12)14/h5-11H,1-4H3. The van der Waals surface area contributed by atoms with Crippen LogP contribution < -0.4 is 0 Å². The molecule has 4 nitrogen and oxygen atoms in total. The van der Waals surface area contributed by atoms with Crippen molar-refractivity contribution in [1.29, 1.82) is 0 Å². The van der Waals surface area contributed by atoms with E-state index in [-0.39, 0.29) is 0 Å². The summed E-state index contributed by atoms with van der Waals surface area (Å²) >= 11 is 0. The highest BCUT2D eigenvalue weighted by Gasteiger charge is 2.39. The lowest BCUT2D eigenvalue weighted by atomic mass is 9.91. The minimum atomic E-state index is -1.15. The van der Waals surface area contributed by atoms with Crippen LogP contribution in [0.1, 0.15) is 12.5 Å². The Hall–Kier alpha value is -1.91. The maximum Gasteiger partial charge on any atom is 0.361 e. The molecular weight excluding hydrogens is 254 g/mol. The zero-order valence-electron chi connectivity index (χ0n) is 12.2. The minimum Gasteiger partial charge on any atom is -0.366 e. The third-order valence-electron chi connectivity index (χ3n) is 3.37. The zero-order chi connectivity index (χ0) is 14.8. The number of carbonyl (C=O) groups is 1. The highest BCUT2D eigenvalue weighted by atomic mass is 16.7. The van der Waals surface area contributed by atoms with Crippen molar-refractivity contribution in [1.82, 2.24) is 5.06 Å². The average Bonchev–Trinajstić information content (AvgIpc) is 2.45. The second kappa shape index (κ2) is 5.61. The maximum absolute atomic E-state index is 12.4. The van der Waals surface area contributed by atoms with Gasteiger partial charge in [0.25, 0.3) is 0 Å². The van der Waals surface area contributed by atoms with E-state index in [9.17, 15) is 4.79 Å². The second-order valence-electron chi connectivity index (χ2n) is 4.96. The van der Waals surface area contributed by atoms with Gasteiger partial charge in [0.05, 0.1) is 0 Å². The first kappa shape index (κ1) is 14.5. The van der Waals surface area contributed by atoms with Gasteiger partial charge in [-0.15, -0.1) is 5.06 Å². The molecule has 0 saturated carbocycles. The summed E-state index contributed by atoms with van der Waals surface area (Å²) in [5.74, 6) is -0.443. The van der Waals surface area contributed by atoms with Crippen molar-refractivity contribution in [2.75, 3.05) is 21.2 Å². The summed E-state index contributed by atoms with van der Waals surface area (Å²) in [5.41, 5.74) is -0.351. The van der Waals surface area contributed by atoms with Crippen LogP contribution in [-0.2, 0) is 20.0 Å². The van der Waals surface area contributed by atoms with E-state index in [1.807, 2.05) is 42.5 Å². The van der Waals surface area contributed by atoms with Gasteiger partial charge in [-0.3, -0.25) is 0 Å². The molecule has 4 heteroatoms. The number of ether oxygens (including phenoxy) is 1. The van der Waals surface area contributed by atoms with Crippen LogP contribution >= 0.6 is 0 Å². The number of methoxy groups -OCH3 is 1. The van der Waals surface area contributed by atoms with E-state index in [2.05, 4.69) is 0 Å². The molecule has 0 heterocycles. The van der Waals surface area contributed by atoms with Gasteiger partial charge in [0, 0.05) is 26.8 Å². The molecule has 20 heavy (non-hydrogen) atoms. The molecule has 0 spiro atoms. The van der Waals surface area contributed by atoms with Crippen molar-refractivity contribution in [2.45, 2.75) is 12.5 Å². The normalized spacial score (nSPS) is 14.2. The van der Waals surface area contributed by atoms with Crippen LogP contribution in [-0.4, -0.2) is 32.2 Å². The number of rotatable bonds is 4. The lowest BCUT2D eigenvalue weighted by Gasteiger charge is -2.28. The van der Waals surface area contributed by atoms with Crippen molar-refractivity contribution in [3.05, 3.63) is 48.0 Å². The van der Waals surface area contributed by atoms with E-state index in [4.69, 9.17) is 9.57 Å². The van der Waals surface area contributed by atoms with Crippen molar-refractivity contribution >= 4 is 16.7 Å². The molecule has 0 aliphatic heterocycles. The van der Waals surface area contributed by atoms with Gasteiger partial charge in [0.2, 0.25) is 0 Å². The summed E-state index contributed by atoms with van der Waals surface area (Å²) in [7, 11) is 4.84. The lowest BCUT2D eigenvalue weighted by Crippen LogP contribution is -2.39. The van der Waals surface area contributed by atoms with Crippen LogP contribution in [0.3, 0.4) is 0 Å². The molecule has 0 saturated heterocycles. The van der Waals surface area contributed by atoms with Gasteiger partial charge >= 0.3 is 5.97 Å². The largest absolute Gasteiger partial charge is 0.366 e. The highest BCUT2D eigenvalue weighted by Crippen LogP contribution is 2.32. The Kier molecular flexibility index (Phi) is 4.06. The third-order valence-corrected chi connectivity index (χ3v) is 3.37. The SMILES string of the molecule is COC(C)(C(=O)ON(C)C)c1cccc2ccccc12. The van der Waals surface area contributed by atoms with Crippen LogP contribution in [0, 0.1) is 0 Å².